The van der Waals surface area contributed by atoms with Crippen molar-refractivity contribution in [2.24, 2.45) is 0 Å². The molecule has 3 aromatic rings. The molecule has 12 heteroatoms. The summed E-state index contributed by atoms with van der Waals surface area (Å²) in [4.78, 5) is 16.4. The van der Waals surface area contributed by atoms with E-state index in [9.17, 15) is 22.2 Å². The van der Waals surface area contributed by atoms with Crippen molar-refractivity contribution < 1.29 is 31.0 Å². The fourth-order valence-electron chi connectivity index (χ4n) is 3.61. The van der Waals surface area contributed by atoms with Gasteiger partial charge in [0.2, 0.25) is 5.89 Å². The number of carbonyl (C=O) groups is 1. The van der Waals surface area contributed by atoms with Crippen LogP contribution >= 0.6 is 0 Å². The van der Waals surface area contributed by atoms with Crippen LogP contribution in [0.25, 0.3) is 11.5 Å². The van der Waals surface area contributed by atoms with Crippen molar-refractivity contribution in [3.05, 3.63) is 65.3 Å². The van der Waals surface area contributed by atoms with Crippen LogP contribution in [0.1, 0.15) is 23.9 Å². The molecule has 1 aliphatic heterocycles. The Hall–Kier alpha value is -3.28. The second kappa shape index (κ2) is 10.1. The second-order valence-corrected chi connectivity index (χ2v) is 9.64. The van der Waals surface area contributed by atoms with Crippen LogP contribution in [0, 0.1) is 5.82 Å². The molecule has 7 nitrogen and oxygen atoms in total. The molecule has 1 aliphatic rings. The SMILES string of the molecule is CCc1ccc(N(Cc2ccc(-c3nnc(C(F)(F)F)o3)cc2F)C(=O)N2CCS(=O)CC2)cc1. The maximum absolute atomic E-state index is 15.0. The Balaban J connectivity index is 1.61. The first kappa shape index (κ1) is 24.8. The number of hydrogen-bond donors (Lipinski definition) is 0. The van der Waals surface area contributed by atoms with E-state index in [-0.39, 0.29) is 23.7 Å². The van der Waals surface area contributed by atoms with Crippen molar-refractivity contribution in [1.29, 1.82) is 0 Å². The van der Waals surface area contributed by atoms with Gasteiger partial charge in [0.05, 0.1) is 6.54 Å². The molecule has 0 unspecified atom stereocenters. The van der Waals surface area contributed by atoms with Gasteiger partial charge in [0.15, 0.2) is 0 Å². The largest absolute Gasteiger partial charge is 0.470 e. The summed E-state index contributed by atoms with van der Waals surface area (Å²) in [5, 5.41) is 6.30. The number of halogens is 4. The summed E-state index contributed by atoms with van der Waals surface area (Å²) in [5.41, 5.74) is 1.77. The van der Waals surface area contributed by atoms with E-state index >= 15 is 4.39 Å². The van der Waals surface area contributed by atoms with Gasteiger partial charge in [-0.25, -0.2) is 9.18 Å². The fraction of sp³-hybridized carbons (Fsp3) is 0.348. The third-order valence-electron chi connectivity index (χ3n) is 5.63. The molecule has 0 aliphatic carbocycles. The average Bonchev–Trinajstić information content (AvgIpc) is 3.35. The van der Waals surface area contributed by atoms with E-state index in [0.29, 0.717) is 30.3 Å². The zero-order chi connectivity index (χ0) is 25.2. The van der Waals surface area contributed by atoms with Gasteiger partial charge in [-0.05, 0) is 36.2 Å². The highest BCUT2D eigenvalue weighted by Gasteiger charge is 2.38. The van der Waals surface area contributed by atoms with E-state index in [4.69, 9.17) is 0 Å². The summed E-state index contributed by atoms with van der Waals surface area (Å²) in [7, 11) is -0.969. The van der Waals surface area contributed by atoms with Crippen LogP contribution in [-0.2, 0) is 29.9 Å². The van der Waals surface area contributed by atoms with Gasteiger partial charge in [0.25, 0.3) is 0 Å². The molecule has 186 valence electrons. The molecule has 2 amide bonds. The molecule has 0 radical (unpaired) electrons. The number of benzene rings is 2. The smallest absolute Gasteiger partial charge is 0.413 e. The highest BCUT2D eigenvalue weighted by atomic mass is 32.2. The standard InChI is InChI=1S/C23H22F4N4O3S/c1-2-15-3-7-18(8-4-15)31(22(32)30-9-11-35(33)12-10-30)14-17-6-5-16(13-19(17)24)20-28-29-21(34-20)23(25,26)27/h3-8,13H,2,9-12,14H2,1H3. The van der Waals surface area contributed by atoms with E-state index in [1.807, 2.05) is 19.1 Å². The number of carbonyl (C=O) groups excluding carboxylic acids is 1. The predicted molar refractivity (Wildman–Crippen MR) is 122 cm³/mol. The van der Waals surface area contributed by atoms with E-state index < -0.39 is 34.6 Å². The van der Waals surface area contributed by atoms with Crippen LogP contribution in [-0.4, -0.2) is 49.9 Å². The number of anilines is 1. The highest BCUT2D eigenvalue weighted by Crippen LogP contribution is 2.31. The lowest BCUT2D eigenvalue weighted by Gasteiger charge is -2.33. The first-order valence-corrected chi connectivity index (χ1v) is 12.3. The third-order valence-corrected chi connectivity index (χ3v) is 6.91. The van der Waals surface area contributed by atoms with E-state index in [2.05, 4.69) is 14.6 Å². The molecule has 35 heavy (non-hydrogen) atoms. The molecule has 1 saturated heterocycles. The highest BCUT2D eigenvalue weighted by molar-refractivity contribution is 7.85. The van der Waals surface area contributed by atoms with Crippen molar-refractivity contribution >= 4 is 22.5 Å². The summed E-state index contributed by atoms with van der Waals surface area (Å²) in [5.74, 6) is -1.97. The molecule has 0 saturated carbocycles. The van der Waals surface area contributed by atoms with E-state index in [0.717, 1.165) is 18.1 Å². The monoisotopic (exact) mass is 510 g/mol. The lowest BCUT2D eigenvalue weighted by atomic mass is 10.1. The van der Waals surface area contributed by atoms with Crippen LogP contribution in [0.3, 0.4) is 0 Å². The van der Waals surface area contributed by atoms with Crippen molar-refractivity contribution in [1.82, 2.24) is 15.1 Å². The Labute approximate surface area is 201 Å². The van der Waals surface area contributed by atoms with Gasteiger partial charge < -0.3 is 9.32 Å². The zero-order valence-electron chi connectivity index (χ0n) is 18.7. The summed E-state index contributed by atoms with van der Waals surface area (Å²) in [6.45, 7) is 2.54. The van der Waals surface area contributed by atoms with Crippen molar-refractivity contribution in [3.8, 4) is 11.5 Å². The molecule has 1 aromatic heterocycles. The Morgan fingerprint density at radius 1 is 1.11 bits per heavy atom. The number of urea groups is 1. The maximum Gasteiger partial charge on any atom is 0.470 e. The minimum atomic E-state index is -4.81. The summed E-state index contributed by atoms with van der Waals surface area (Å²) < 4.78 is 69.6. The van der Waals surface area contributed by atoms with Gasteiger partial charge in [-0.1, -0.05) is 25.1 Å². The molecule has 1 fully saturated rings. The molecule has 0 spiro atoms. The number of nitrogens with zero attached hydrogens (tertiary/aromatic N) is 4. The minimum Gasteiger partial charge on any atom is -0.413 e. The summed E-state index contributed by atoms with van der Waals surface area (Å²) in [6, 6.07) is 10.7. The molecule has 2 aromatic carbocycles. The Kier molecular flexibility index (Phi) is 7.20. The molecule has 0 N–H and O–H groups in total. The van der Waals surface area contributed by atoms with Crippen molar-refractivity contribution in [2.45, 2.75) is 26.1 Å². The molecular weight excluding hydrogens is 488 g/mol. The predicted octanol–water partition coefficient (Wildman–Crippen LogP) is 4.65. The van der Waals surface area contributed by atoms with Crippen LogP contribution in [0.15, 0.2) is 46.9 Å². The van der Waals surface area contributed by atoms with Gasteiger partial charge in [-0.3, -0.25) is 9.11 Å². The molecule has 4 rings (SSSR count). The lowest BCUT2D eigenvalue weighted by molar-refractivity contribution is -0.156. The van der Waals surface area contributed by atoms with Crippen molar-refractivity contribution in [3.63, 3.8) is 0 Å². The van der Waals surface area contributed by atoms with Crippen LogP contribution in [0.4, 0.5) is 28.0 Å². The molecule has 0 atom stereocenters. The quantitative estimate of drug-likeness (QED) is 0.467. The Bertz CT molecular complexity index is 1220. The summed E-state index contributed by atoms with van der Waals surface area (Å²) >= 11 is 0. The lowest BCUT2D eigenvalue weighted by Crippen LogP contribution is -2.48. The molecular formula is C23H22F4N4O3S. The second-order valence-electron chi connectivity index (χ2n) is 7.94. The van der Waals surface area contributed by atoms with Gasteiger partial charge in [0, 0.05) is 52.2 Å². The normalized spacial score (nSPS) is 14.8. The van der Waals surface area contributed by atoms with Crippen LogP contribution < -0.4 is 4.90 Å². The third kappa shape index (κ3) is 5.69. The van der Waals surface area contributed by atoms with Crippen LogP contribution in [0.5, 0.6) is 0 Å². The Morgan fingerprint density at radius 3 is 2.37 bits per heavy atom. The minimum absolute atomic E-state index is 0.0158. The van der Waals surface area contributed by atoms with E-state index in [1.54, 1.807) is 17.0 Å². The van der Waals surface area contributed by atoms with Gasteiger partial charge in [-0.15, -0.1) is 10.2 Å². The first-order valence-electron chi connectivity index (χ1n) is 10.9. The van der Waals surface area contributed by atoms with Gasteiger partial charge in [-0.2, -0.15) is 13.2 Å². The number of rotatable bonds is 5. The number of amides is 2. The summed E-state index contributed by atoms with van der Waals surface area (Å²) in [6.07, 6.45) is -3.99. The fourth-order valence-corrected chi connectivity index (χ4v) is 4.67. The zero-order valence-corrected chi connectivity index (χ0v) is 19.5. The number of aryl methyl sites for hydroxylation is 1. The van der Waals surface area contributed by atoms with Gasteiger partial charge >= 0.3 is 18.1 Å². The molecule has 2 heterocycles. The topological polar surface area (TPSA) is 79.5 Å². The first-order chi connectivity index (χ1) is 16.7. The number of aromatic nitrogens is 2. The van der Waals surface area contributed by atoms with E-state index in [1.165, 1.54) is 17.0 Å². The Morgan fingerprint density at radius 2 is 1.80 bits per heavy atom. The number of alkyl halides is 3. The number of hydrogen-bond acceptors (Lipinski definition) is 5. The van der Waals surface area contributed by atoms with Crippen molar-refractivity contribution in [2.75, 3.05) is 29.5 Å². The van der Waals surface area contributed by atoms with Crippen LogP contribution in [0.2, 0.25) is 0 Å². The maximum atomic E-state index is 15.0. The van der Waals surface area contributed by atoms with Gasteiger partial charge in [0.1, 0.15) is 5.82 Å². The molecule has 0 bridgehead atoms. The average molecular weight is 511 g/mol.